The van der Waals surface area contributed by atoms with Crippen molar-refractivity contribution < 1.29 is 14.6 Å². The fourth-order valence-electron chi connectivity index (χ4n) is 2.91. The standard InChI is InChI=1S/C18H28N4O3.HI/c1-4-17(24)22-10-8-14(12-22)21-18(19-2)20-9-7-13-5-6-15(25-3)11-16(13)23;/h5-6,11,14,23H,4,7-10,12H2,1-3H3,(H2,19,20,21);1H. The SMILES string of the molecule is CCC(=O)N1CCC(NC(=NC)NCCc2ccc(OC)cc2O)C1.I. The molecule has 1 unspecified atom stereocenters. The molecule has 1 amide bonds. The van der Waals surface area contributed by atoms with Crippen molar-refractivity contribution in [1.82, 2.24) is 15.5 Å². The Morgan fingerprint density at radius 3 is 2.85 bits per heavy atom. The van der Waals surface area contributed by atoms with Gasteiger partial charge in [-0.1, -0.05) is 13.0 Å². The predicted molar refractivity (Wildman–Crippen MR) is 114 cm³/mol. The number of benzene rings is 1. The van der Waals surface area contributed by atoms with Gasteiger partial charge >= 0.3 is 0 Å². The molecular formula is C18H29IN4O3. The summed E-state index contributed by atoms with van der Waals surface area (Å²) < 4.78 is 5.09. The Labute approximate surface area is 172 Å². The van der Waals surface area contributed by atoms with Gasteiger partial charge in [0.15, 0.2) is 5.96 Å². The van der Waals surface area contributed by atoms with Crippen LogP contribution in [0.1, 0.15) is 25.3 Å². The topological polar surface area (TPSA) is 86.2 Å². The number of carbonyl (C=O) groups excluding carboxylic acids is 1. The minimum Gasteiger partial charge on any atom is -0.508 e. The van der Waals surface area contributed by atoms with E-state index >= 15 is 0 Å². The third kappa shape index (κ3) is 6.22. The molecule has 0 bridgehead atoms. The number of hydrogen-bond acceptors (Lipinski definition) is 4. The summed E-state index contributed by atoms with van der Waals surface area (Å²) in [5, 5.41) is 16.6. The van der Waals surface area contributed by atoms with E-state index in [1.165, 1.54) is 0 Å². The molecule has 0 saturated carbocycles. The summed E-state index contributed by atoms with van der Waals surface area (Å²) in [5.41, 5.74) is 0.851. The van der Waals surface area contributed by atoms with Crippen molar-refractivity contribution >= 4 is 35.8 Å². The van der Waals surface area contributed by atoms with Gasteiger partial charge in [0, 0.05) is 45.2 Å². The highest BCUT2D eigenvalue weighted by Gasteiger charge is 2.25. The van der Waals surface area contributed by atoms with Crippen molar-refractivity contribution in [2.75, 3.05) is 33.8 Å². The molecule has 1 heterocycles. The molecule has 2 rings (SSSR count). The first-order valence-corrected chi connectivity index (χ1v) is 8.68. The smallest absolute Gasteiger partial charge is 0.222 e. The summed E-state index contributed by atoms with van der Waals surface area (Å²) in [6.45, 7) is 4.04. The lowest BCUT2D eigenvalue weighted by molar-refractivity contribution is -0.129. The van der Waals surface area contributed by atoms with Crippen molar-refractivity contribution in [3.8, 4) is 11.5 Å². The average Bonchev–Trinajstić information content (AvgIpc) is 3.09. The number of carbonyl (C=O) groups is 1. The first kappa shape index (κ1) is 22.3. The minimum absolute atomic E-state index is 0. The highest BCUT2D eigenvalue weighted by Crippen LogP contribution is 2.23. The quantitative estimate of drug-likeness (QED) is 0.331. The molecule has 1 aromatic rings. The summed E-state index contributed by atoms with van der Waals surface area (Å²) in [6.07, 6.45) is 2.14. The molecule has 146 valence electrons. The number of halogens is 1. The Bertz CT molecular complexity index is 624. The van der Waals surface area contributed by atoms with E-state index in [2.05, 4.69) is 15.6 Å². The maximum atomic E-state index is 11.7. The van der Waals surface area contributed by atoms with Crippen LogP contribution in [-0.2, 0) is 11.2 Å². The summed E-state index contributed by atoms with van der Waals surface area (Å²) in [6, 6.07) is 5.52. The van der Waals surface area contributed by atoms with Gasteiger partial charge in [-0.25, -0.2) is 0 Å². The van der Waals surface area contributed by atoms with Crippen molar-refractivity contribution in [3.05, 3.63) is 23.8 Å². The zero-order valence-electron chi connectivity index (χ0n) is 15.6. The number of hydrogen-bond donors (Lipinski definition) is 3. The molecule has 0 aromatic heterocycles. The molecule has 3 N–H and O–H groups in total. The predicted octanol–water partition coefficient (Wildman–Crippen LogP) is 1.74. The third-order valence-corrected chi connectivity index (χ3v) is 4.39. The third-order valence-electron chi connectivity index (χ3n) is 4.39. The molecule has 1 atom stereocenters. The number of methoxy groups -OCH3 is 1. The van der Waals surface area contributed by atoms with Gasteiger partial charge in [-0.2, -0.15) is 0 Å². The first-order chi connectivity index (χ1) is 12.1. The van der Waals surface area contributed by atoms with Crippen molar-refractivity contribution in [3.63, 3.8) is 0 Å². The number of ether oxygens (including phenoxy) is 1. The van der Waals surface area contributed by atoms with Gasteiger partial charge in [0.2, 0.25) is 5.91 Å². The molecule has 26 heavy (non-hydrogen) atoms. The Morgan fingerprint density at radius 1 is 1.46 bits per heavy atom. The van der Waals surface area contributed by atoms with Crippen LogP contribution < -0.4 is 15.4 Å². The Kier molecular flexibility index (Phi) is 9.53. The molecule has 0 radical (unpaired) electrons. The van der Waals surface area contributed by atoms with Crippen LogP contribution in [0.15, 0.2) is 23.2 Å². The fraction of sp³-hybridized carbons (Fsp3) is 0.556. The maximum Gasteiger partial charge on any atom is 0.222 e. The van der Waals surface area contributed by atoms with Crippen molar-refractivity contribution in [1.29, 1.82) is 0 Å². The molecule has 1 aromatic carbocycles. The highest BCUT2D eigenvalue weighted by molar-refractivity contribution is 14.0. The number of guanidine groups is 1. The summed E-state index contributed by atoms with van der Waals surface area (Å²) in [7, 11) is 3.30. The van der Waals surface area contributed by atoms with E-state index in [1.807, 2.05) is 24.0 Å². The van der Waals surface area contributed by atoms with E-state index in [0.29, 0.717) is 37.6 Å². The van der Waals surface area contributed by atoms with Crippen LogP contribution in [0.4, 0.5) is 0 Å². The van der Waals surface area contributed by atoms with Crippen LogP contribution in [-0.4, -0.2) is 61.7 Å². The van der Waals surface area contributed by atoms with Crippen LogP contribution in [0.25, 0.3) is 0 Å². The molecule has 0 aliphatic carbocycles. The van der Waals surface area contributed by atoms with E-state index in [9.17, 15) is 9.90 Å². The molecule has 8 heteroatoms. The number of phenols is 1. The number of nitrogens with zero attached hydrogens (tertiary/aromatic N) is 2. The Hall–Kier alpha value is -1.71. The molecule has 1 fully saturated rings. The lowest BCUT2D eigenvalue weighted by atomic mass is 10.1. The van der Waals surface area contributed by atoms with Gasteiger partial charge in [0.1, 0.15) is 11.5 Å². The van der Waals surface area contributed by atoms with Crippen molar-refractivity contribution in [2.24, 2.45) is 4.99 Å². The summed E-state index contributed by atoms with van der Waals surface area (Å²) in [5.74, 6) is 1.78. The number of aliphatic imine (C=N–C) groups is 1. The van der Waals surface area contributed by atoms with Gasteiger partial charge in [-0.3, -0.25) is 9.79 Å². The van der Waals surface area contributed by atoms with E-state index in [4.69, 9.17) is 4.74 Å². The van der Waals surface area contributed by atoms with Crippen molar-refractivity contribution in [2.45, 2.75) is 32.2 Å². The highest BCUT2D eigenvalue weighted by atomic mass is 127. The number of rotatable bonds is 6. The van der Waals surface area contributed by atoms with Gasteiger partial charge in [0.25, 0.3) is 0 Å². The van der Waals surface area contributed by atoms with E-state index in [0.717, 1.165) is 18.5 Å². The maximum absolute atomic E-state index is 11.7. The van der Waals surface area contributed by atoms with Gasteiger partial charge in [-0.15, -0.1) is 24.0 Å². The number of likely N-dealkylation sites (tertiary alicyclic amines) is 1. The van der Waals surface area contributed by atoms with Crippen LogP contribution in [0.2, 0.25) is 0 Å². The van der Waals surface area contributed by atoms with Gasteiger partial charge < -0.3 is 25.4 Å². The lowest BCUT2D eigenvalue weighted by Gasteiger charge is -2.19. The van der Waals surface area contributed by atoms with Crippen LogP contribution in [0.3, 0.4) is 0 Å². The summed E-state index contributed by atoms with van der Waals surface area (Å²) >= 11 is 0. The number of aromatic hydroxyl groups is 1. The zero-order chi connectivity index (χ0) is 18.2. The van der Waals surface area contributed by atoms with Gasteiger partial charge in [-0.05, 0) is 24.5 Å². The minimum atomic E-state index is 0. The Balaban J connectivity index is 0.00000338. The van der Waals surface area contributed by atoms with Crippen LogP contribution >= 0.6 is 24.0 Å². The van der Waals surface area contributed by atoms with E-state index < -0.39 is 0 Å². The largest absolute Gasteiger partial charge is 0.508 e. The molecule has 7 nitrogen and oxygen atoms in total. The second-order valence-electron chi connectivity index (χ2n) is 6.07. The van der Waals surface area contributed by atoms with Gasteiger partial charge in [0.05, 0.1) is 7.11 Å². The second kappa shape index (κ2) is 11.1. The molecular weight excluding hydrogens is 447 g/mol. The monoisotopic (exact) mass is 476 g/mol. The normalized spacial score (nSPS) is 16.8. The Morgan fingerprint density at radius 2 is 2.23 bits per heavy atom. The summed E-state index contributed by atoms with van der Waals surface area (Å²) in [4.78, 5) is 17.9. The average molecular weight is 476 g/mol. The molecule has 1 saturated heterocycles. The van der Waals surface area contributed by atoms with Crippen LogP contribution in [0, 0.1) is 0 Å². The van der Waals surface area contributed by atoms with E-state index in [1.54, 1.807) is 20.2 Å². The number of amides is 1. The number of phenolic OH excluding ortho intramolecular Hbond substituents is 1. The lowest BCUT2D eigenvalue weighted by Crippen LogP contribution is -2.45. The zero-order valence-corrected chi connectivity index (χ0v) is 17.9. The second-order valence-corrected chi connectivity index (χ2v) is 6.07. The van der Waals surface area contributed by atoms with Crippen LogP contribution in [0.5, 0.6) is 11.5 Å². The first-order valence-electron chi connectivity index (χ1n) is 8.68. The molecule has 0 spiro atoms. The molecule has 1 aliphatic rings. The number of nitrogens with one attached hydrogen (secondary N) is 2. The fourth-order valence-corrected chi connectivity index (χ4v) is 2.91. The molecule has 1 aliphatic heterocycles. The van der Waals surface area contributed by atoms with E-state index in [-0.39, 0.29) is 41.7 Å².